The first-order valence-electron chi connectivity index (χ1n) is 4.51. The average molecular weight is 216 g/mol. The third kappa shape index (κ3) is 1.74. The number of nitriles is 1. The molecule has 0 amide bonds. The highest BCUT2D eigenvalue weighted by molar-refractivity contribution is 5.31. The second kappa shape index (κ2) is 4.04. The van der Waals surface area contributed by atoms with Crippen LogP contribution >= 0.6 is 0 Å². The lowest BCUT2D eigenvalue weighted by Crippen LogP contribution is -2.07. The van der Waals surface area contributed by atoms with E-state index in [1.165, 1.54) is 17.2 Å². The number of hydrogen-bond donors (Lipinski definition) is 1. The Morgan fingerprint density at radius 2 is 2.31 bits per heavy atom. The van der Waals surface area contributed by atoms with E-state index >= 15 is 0 Å². The SMILES string of the molecule is Cc1nc(-n2ncc(CO)n2)ncc1C#N. The summed E-state index contributed by atoms with van der Waals surface area (Å²) < 4.78 is 0. The first kappa shape index (κ1) is 10.2. The molecule has 7 heteroatoms. The Hall–Kier alpha value is -2.33. The van der Waals surface area contributed by atoms with Gasteiger partial charge in [-0.2, -0.15) is 10.4 Å². The van der Waals surface area contributed by atoms with Gasteiger partial charge >= 0.3 is 0 Å². The molecular formula is C9H8N6O. The molecular weight excluding hydrogens is 208 g/mol. The molecule has 0 aliphatic heterocycles. The molecule has 0 saturated carbocycles. The van der Waals surface area contributed by atoms with Crippen molar-refractivity contribution >= 4 is 0 Å². The summed E-state index contributed by atoms with van der Waals surface area (Å²) >= 11 is 0. The highest BCUT2D eigenvalue weighted by atomic mass is 16.3. The topological polar surface area (TPSA) is 101 Å². The third-order valence-electron chi connectivity index (χ3n) is 1.97. The standard InChI is InChI=1S/C9H8N6O/c1-6-7(2-10)3-11-9(13-6)15-12-4-8(5-16)14-15/h3-4,16H,5H2,1H3. The van der Waals surface area contributed by atoms with Gasteiger partial charge in [-0.1, -0.05) is 0 Å². The number of aryl methyl sites for hydroxylation is 1. The summed E-state index contributed by atoms with van der Waals surface area (Å²) in [4.78, 5) is 9.24. The molecule has 0 aliphatic carbocycles. The lowest BCUT2D eigenvalue weighted by Gasteiger charge is -1.99. The smallest absolute Gasteiger partial charge is 0.268 e. The Kier molecular flexibility index (Phi) is 2.57. The van der Waals surface area contributed by atoms with Gasteiger partial charge in [0.1, 0.15) is 11.8 Å². The molecule has 2 aromatic heterocycles. The van der Waals surface area contributed by atoms with Crippen LogP contribution in [-0.4, -0.2) is 30.1 Å². The van der Waals surface area contributed by atoms with E-state index in [1.54, 1.807) is 6.92 Å². The fourth-order valence-electron chi connectivity index (χ4n) is 1.12. The van der Waals surface area contributed by atoms with Crippen LogP contribution in [0.3, 0.4) is 0 Å². The highest BCUT2D eigenvalue weighted by Crippen LogP contribution is 2.04. The summed E-state index contributed by atoms with van der Waals surface area (Å²) in [5, 5.41) is 25.4. The van der Waals surface area contributed by atoms with Gasteiger partial charge in [-0.25, -0.2) is 9.97 Å². The number of hydrogen-bond acceptors (Lipinski definition) is 6. The summed E-state index contributed by atoms with van der Waals surface area (Å²) in [7, 11) is 0. The first-order valence-corrected chi connectivity index (χ1v) is 4.51. The Labute approximate surface area is 91.0 Å². The van der Waals surface area contributed by atoms with Gasteiger partial charge in [-0.05, 0) is 6.92 Å². The summed E-state index contributed by atoms with van der Waals surface area (Å²) in [5.41, 5.74) is 1.42. The fourth-order valence-corrected chi connectivity index (χ4v) is 1.12. The van der Waals surface area contributed by atoms with Crippen LogP contribution in [0.15, 0.2) is 12.4 Å². The first-order chi connectivity index (χ1) is 7.74. The van der Waals surface area contributed by atoms with Crippen molar-refractivity contribution in [1.82, 2.24) is 25.0 Å². The van der Waals surface area contributed by atoms with E-state index in [1.807, 2.05) is 6.07 Å². The third-order valence-corrected chi connectivity index (χ3v) is 1.97. The van der Waals surface area contributed by atoms with E-state index in [-0.39, 0.29) is 12.6 Å². The van der Waals surface area contributed by atoms with Crippen LogP contribution in [0.5, 0.6) is 0 Å². The van der Waals surface area contributed by atoms with Crippen molar-refractivity contribution in [2.24, 2.45) is 0 Å². The van der Waals surface area contributed by atoms with E-state index in [0.717, 1.165) is 0 Å². The van der Waals surface area contributed by atoms with Gasteiger partial charge in [0.25, 0.3) is 5.95 Å². The van der Waals surface area contributed by atoms with Crippen molar-refractivity contribution in [3.8, 4) is 12.0 Å². The van der Waals surface area contributed by atoms with Crippen LogP contribution in [0.2, 0.25) is 0 Å². The van der Waals surface area contributed by atoms with Crippen LogP contribution < -0.4 is 0 Å². The van der Waals surface area contributed by atoms with Crippen LogP contribution in [0.25, 0.3) is 5.95 Å². The van der Waals surface area contributed by atoms with Gasteiger partial charge in [-0.3, -0.25) is 0 Å². The lowest BCUT2D eigenvalue weighted by molar-refractivity contribution is 0.276. The second-order valence-electron chi connectivity index (χ2n) is 3.06. The quantitative estimate of drug-likeness (QED) is 0.741. The van der Waals surface area contributed by atoms with Crippen molar-refractivity contribution < 1.29 is 5.11 Å². The summed E-state index contributed by atoms with van der Waals surface area (Å²) in [6, 6.07) is 1.98. The number of rotatable bonds is 2. The molecule has 0 fully saturated rings. The highest BCUT2D eigenvalue weighted by Gasteiger charge is 2.07. The predicted octanol–water partition coefficient (Wildman–Crippen LogP) is -0.270. The molecule has 0 radical (unpaired) electrons. The lowest BCUT2D eigenvalue weighted by atomic mass is 10.3. The van der Waals surface area contributed by atoms with Gasteiger partial charge in [0.2, 0.25) is 0 Å². The van der Waals surface area contributed by atoms with Gasteiger partial charge in [0.15, 0.2) is 0 Å². The molecule has 0 spiro atoms. The van der Waals surface area contributed by atoms with Crippen molar-refractivity contribution in [2.75, 3.05) is 0 Å². The van der Waals surface area contributed by atoms with Crippen LogP contribution in [0.4, 0.5) is 0 Å². The molecule has 0 saturated heterocycles. The molecule has 16 heavy (non-hydrogen) atoms. The molecule has 2 aromatic rings. The van der Waals surface area contributed by atoms with E-state index in [0.29, 0.717) is 17.0 Å². The summed E-state index contributed by atoms with van der Waals surface area (Å²) in [6.07, 6.45) is 2.84. The monoisotopic (exact) mass is 216 g/mol. The zero-order valence-electron chi connectivity index (χ0n) is 8.49. The Bertz CT molecular complexity index is 555. The van der Waals surface area contributed by atoms with Gasteiger partial charge < -0.3 is 5.11 Å². The molecule has 1 N–H and O–H groups in total. The number of aliphatic hydroxyl groups is 1. The maximum Gasteiger partial charge on any atom is 0.268 e. The van der Waals surface area contributed by atoms with E-state index < -0.39 is 0 Å². The van der Waals surface area contributed by atoms with Gasteiger partial charge in [-0.15, -0.1) is 9.90 Å². The molecule has 2 rings (SSSR count). The predicted molar refractivity (Wildman–Crippen MR) is 52.3 cm³/mol. The van der Waals surface area contributed by atoms with Crippen molar-refractivity contribution in [3.63, 3.8) is 0 Å². The largest absolute Gasteiger partial charge is 0.390 e. The van der Waals surface area contributed by atoms with Crippen LogP contribution in [0.1, 0.15) is 17.0 Å². The van der Waals surface area contributed by atoms with Gasteiger partial charge in [0, 0.05) is 0 Å². The fraction of sp³-hybridized carbons (Fsp3) is 0.222. The maximum absolute atomic E-state index is 8.83. The van der Waals surface area contributed by atoms with Crippen LogP contribution in [0, 0.1) is 18.3 Å². The van der Waals surface area contributed by atoms with Crippen molar-refractivity contribution in [1.29, 1.82) is 5.26 Å². The Morgan fingerprint density at radius 1 is 1.50 bits per heavy atom. The van der Waals surface area contributed by atoms with E-state index in [9.17, 15) is 0 Å². The second-order valence-corrected chi connectivity index (χ2v) is 3.06. The molecule has 80 valence electrons. The minimum atomic E-state index is -0.185. The zero-order valence-corrected chi connectivity index (χ0v) is 8.49. The van der Waals surface area contributed by atoms with E-state index in [4.69, 9.17) is 10.4 Å². The Balaban J connectivity index is 2.42. The van der Waals surface area contributed by atoms with Crippen molar-refractivity contribution in [2.45, 2.75) is 13.5 Å². The van der Waals surface area contributed by atoms with Gasteiger partial charge in [0.05, 0.1) is 30.3 Å². The summed E-state index contributed by atoms with van der Waals surface area (Å²) in [6.45, 7) is 1.52. The molecule has 0 aromatic carbocycles. The Morgan fingerprint density at radius 3 is 2.88 bits per heavy atom. The number of aromatic nitrogens is 5. The van der Waals surface area contributed by atoms with Crippen molar-refractivity contribution in [3.05, 3.63) is 29.3 Å². The van der Waals surface area contributed by atoms with Crippen LogP contribution in [-0.2, 0) is 6.61 Å². The average Bonchev–Trinajstić information content (AvgIpc) is 2.77. The maximum atomic E-state index is 8.83. The molecule has 0 aliphatic rings. The van der Waals surface area contributed by atoms with E-state index in [2.05, 4.69) is 20.2 Å². The molecule has 0 bridgehead atoms. The zero-order chi connectivity index (χ0) is 11.5. The number of nitrogens with zero attached hydrogens (tertiary/aromatic N) is 6. The molecule has 0 atom stereocenters. The normalized spacial score (nSPS) is 10.1. The number of aliphatic hydroxyl groups excluding tert-OH is 1. The minimum Gasteiger partial charge on any atom is -0.390 e. The molecule has 0 unspecified atom stereocenters. The minimum absolute atomic E-state index is 0.185. The molecule has 7 nitrogen and oxygen atoms in total. The summed E-state index contributed by atoms with van der Waals surface area (Å²) in [5.74, 6) is 0.274. The molecule has 2 heterocycles.